The zero-order valence-corrected chi connectivity index (χ0v) is 8.16. The third-order valence-corrected chi connectivity index (χ3v) is 2.47. The quantitative estimate of drug-likeness (QED) is 0.731. The second-order valence-corrected chi connectivity index (χ2v) is 3.68. The van der Waals surface area contributed by atoms with E-state index in [0.29, 0.717) is 0 Å². The fourth-order valence-electron chi connectivity index (χ4n) is 1.15. The van der Waals surface area contributed by atoms with Crippen LogP contribution in [0.15, 0.2) is 40.1 Å². The minimum absolute atomic E-state index is 0.00259. The summed E-state index contributed by atoms with van der Waals surface area (Å²) in [6.07, 6.45) is 2.46. The van der Waals surface area contributed by atoms with Crippen molar-refractivity contribution < 1.29 is 17.6 Å². The van der Waals surface area contributed by atoms with E-state index in [1.165, 1.54) is 18.3 Å². The molecule has 0 radical (unpaired) electrons. The Kier molecular flexibility index (Phi) is 2.61. The number of rotatable bonds is 2. The van der Waals surface area contributed by atoms with Crippen molar-refractivity contribution in [2.75, 3.05) is 0 Å². The third kappa shape index (κ3) is 1.95. The van der Waals surface area contributed by atoms with Gasteiger partial charge in [0, 0.05) is 4.90 Å². The Hall–Kier alpha value is -1.53. The van der Waals surface area contributed by atoms with E-state index in [9.17, 15) is 13.2 Å². The van der Waals surface area contributed by atoms with Crippen LogP contribution < -0.4 is 0 Å². The van der Waals surface area contributed by atoms with E-state index in [2.05, 4.69) is 4.98 Å². The van der Waals surface area contributed by atoms with Gasteiger partial charge in [0.1, 0.15) is 5.82 Å². The second kappa shape index (κ2) is 3.92. The third-order valence-electron chi connectivity index (χ3n) is 1.83. The minimum Gasteiger partial charge on any atom is -0.768 e. The number of aromatic nitrogens is 1. The lowest BCUT2D eigenvalue weighted by molar-refractivity contribution is 0.536. The van der Waals surface area contributed by atoms with Gasteiger partial charge in [-0.25, -0.2) is 9.37 Å². The van der Waals surface area contributed by atoms with Crippen molar-refractivity contribution in [3.8, 4) is 11.3 Å². The Labute approximate surface area is 87.0 Å². The standard InChI is InChI=1S/C9H6FNO3S/c10-8-2-1-6(15(12)13)3-7(8)9-4-11-5-14-9/h1-5H,(H,12,13)/p-1. The number of benzene rings is 1. The molecule has 0 aliphatic carbocycles. The van der Waals surface area contributed by atoms with Gasteiger partial charge in [-0.1, -0.05) is 0 Å². The van der Waals surface area contributed by atoms with Gasteiger partial charge in [0.15, 0.2) is 12.2 Å². The molecule has 1 atom stereocenters. The number of oxazole rings is 1. The average molecular weight is 226 g/mol. The molecule has 0 saturated heterocycles. The molecule has 15 heavy (non-hydrogen) atoms. The topological polar surface area (TPSA) is 66.2 Å². The van der Waals surface area contributed by atoms with Gasteiger partial charge >= 0.3 is 0 Å². The molecule has 2 rings (SSSR count). The zero-order chi connectivity index (χ0) is 10.8. The molecule has 6 heteroatoms. The first-order valence-corrected chi connectivity index (χ1v) is 5.03. The van der Waals surface area contributed by atoms with E-state index in [-0.39, 0.29) is 16.2 Å². The maximum atomic E-state index is 13.3. The molecule has 2 aromatic rings. The van der Waals surface area contributed by atoms with Crippen LogP contribution in [0.25, 0.3) is 11.3 Å². The van der Waals surface area contributed by atoms with Gasteiger partial charge in [0.05, 0.1) is 11.8 Å². The van der Waals surface area contributed by atoms with Gasteiger partial charge in [-0.2, -0.15) is 0 Å². The second-order valence-electron chi connectivity index (χ2n) is 2.74. The molecule has 78 valence electrons. The molecule has 0 saturated carbocycles. The van der Waals surface area contributed by atoms with Gasteiger partial charge < -0.3 is 8.97 Å². The molecular formula is C9H5FNO3S-. The normalized spacial score (nSPS) is 12.7. The van der Waals surface area contributed by atoms with Crippen LogP contribution in [0, 0.1) is 5.82 Å². The Morgan fingerprint density at radius 3 is 2.87 bits per heavy atom. The summed E-state index contributed by atoms with van der Waals surface area (Å²) in [7, 11) is 0. The van der Waals surface area contributed by atoms with E-state index in [1.54, 1.807) is 0 Å². The van der Waals surface area contributed by atoms with Crippen LogP contribution in [0.1, 0.15) is 0 Å². The van der Waals surface area contributed by atoms with Crippen molar-refractivity contribution in [3.63, 3.8) is 0 Å². The van der Waals surface area contributed by atoms with E-state index >= 15 is 0 Å². The fourth-order valence-corrected chi connectivity index (χ4v) is 1.54. The lowest BCUT2D eigenvalue weighted by Crippen LogP contribution is -1.91. The molecule has 0 amide bonds. The highest BCUT2D eigenvalue weighted by molar-refractivity contribution is 7.79. The number of hydrogen-bond acceptors (Lipinski definition) is 4. The zero-order valence-electron chi connectivity index (χ0n) is 7.34. The maximum absolute atomic E-state index is 13.3. The van der Waals surface area contributed by atoms with Crippen molar-refractivity contribution in [1.29, 1.82) is 0 Å². The molecule has 0 aliphatic rings. The van der Waals surface area contributed by atoms with Crippen LogP contribution in [-0.2, 0) is 11.1 Å². The van der Waals surface area contributed by atoms with Gasteiger partial charge in [-0.15, -0.1) is 0 Å². The van der Waals surface area contributed by atoms with E-state index in [4.69, 9.17) is 4.42 Å². The van der Waals surface area contributed by atoms with Crippen LogP contribution in [0.4, 0.5) is 4.39 Å². The monoisotopic (exact) mass is 226 g/mol. The summed E-state index contributed by atoms with van der Waals surface area (Å²) in [4.78, 5) is 3.63. The Balaban J connectivity index is 2.55. The van der Waals surface area contributed by atoms with Gasteiger partial charge in [-0.3, -0.25) is 4.21 Å². The molecule has 0 bridgehead atoms. The molecule has 1 heterocycles. The summed E-state index contributed by atoms with van der Waals surface area (Å²) in [5, 5.41) is 0. The Morgan fingerprint density at radius 2 is 2.27 bits per heavy atom. The van der Waals surface area contributed by atoms with E-state index in [1.807, 2.05) is 0 Å². The summed E-state index contributed by atoms with van der Waals surface area (Å²) in [6.45, 7) is 0. The van der Waals surface area contributed by atoms with E-state index < -0.39 is 16.9 Å². The van der Waals surface area contributed by atoms with Crippen molar-refractivity contribution in [3.05, 3.63) is 36.6 Å². The molecule has 1 aromatic heterocycles. The first-order chi connectivity index (χ1) is 7.18. The van der Waals surface area contributed by atoms with Gasteiger partial charge in [-0.05, 0) is 29.3 Å². The summed E-state index contributed by atoms with van der Waals surface area (Å²) in [5.41, 5.74) is 0.0780. The molecule has 0 spiro atoms. The van der Waals surface area contributed by atoms with Crippen LogP contribution in [0.2, 0.25) is 0 Å². The molecule has 0 aliphatic heterocycles. The largest absolute Gasteiger partial charge is 0.768 e. The smallest absolute Gasteiger partial charge is 0.181 e. The first-order valence-electron chi connectivity index (χ1n) is 3.96. The average Bonchev–Trinajstić information content (AvgIpc) is 2.71. The Morgan fingerprint density at radius 1 is 1.47 bits per heavy atom. The molecule has 0 N–H and O–H groups in total. The molecule has 0 fully saturated rings. The fraction of sp³-hybridized carbons (Fsp3) is 0. The molecule has 4 nitrogen and oxygen atoms in total. The highest BCUT2D eigenvalue weighted by Crippen LogP contribution is 2.24. The van der Waals surface area contributed by atoms with Gasteiger partial charge in [0.2, 0.25) is 0 Å². The number of nitrogens with zero attached hydrogens (tertiary/aromatic N) is 1. The highest BCUT2D eigenvalue weighted by Gasteiger charge is 2.09. The molecule has 1 unspecified atom stereocenters. The van der Waals surface area contributed by atoms with Crippen LogP contribution in [-0.4, -0.2) is 13.7 Å². The molecule has 1 aromatic carbocycles. The van der Waals surface area contributed by atoms with Crippen LogP contribution in [0.5, 0.6) is 0 Å². The van der Waals surface area contributed by atoms with Crippen LogP contribution in [0.3, 0.4) is 0 Å². The minimum atomic E-state index is -2.39. The summed E-state index contributed by atoms with van der Waals surface area (Å²) in [6, 6.07) is 3.44. The maximum Gasteiger partial charge on any atom is 0.181 e. The number of hydrogen-bond donors (Lipinski definition) is 0. The summed E-state index contributed by atoms with van der Waals surface area (Å²) >= 11 is -2.39. The number of halogens is 1. The lowest BCUT2D eigenvalue weighted by Gasteiger charge is -2.06. The summed E-state index contributed by atoms with van der Waals surface area (Å²) < 4.78 is 39.5. The van der Waals surface area contributed by atoms with Crippen molar-refractivity contribution in [2.24, 2.45) is 0 Å². The van der Waals surface area contributed by atoms with E-state index in [0.717, 1.165) is 12.5 Å². The van der Waals surface area contributed by atoms with Crippen molar-refractivity contribution in [2.45, 2.75) is 4.90 Å². The highest BCUT2D eigenvalue weighted by atomic mass is 32.2. The van der Waals surface area contributed by atoms with Crippen LogP contribution >= 0.6 is 0 Å². The lowest BCUT2D eigenvalue weighted by atomic mass is 10.2. The predicted molar refractivity (Wildman–Crippen MR) is 49.1 cm³/mol. The van der Waals surface area contributed by atoms with Gasteiger partial charge in [0.25, 0.3) is 0 Å². The predicted octanol–water partition coefficient (Wildman–Crippen LogP) is 1.72. The van der Waals surface area contributed by atoms with Crippen molar-refractivity contribution in [1.82, 2.24) is 4.98 Å². The molecular weight excluding hydrogens is 221 g/mol. The first kappa shape index (κ1) is 10.0. The SMILES string of the molecule is O=S([O-])c1ccc(F)c(-c2cnco2)c1. The Bertz CT molecular complexity index is 498. The summed E-state index contributed by atoms with van der Waals surface area (Å²) in [5.74, 6) is -0.360. The van der Waals surface area contributed by atoms with Crippen molar-refractivity contribution >= 4 is 11.1 Å².